The Bertz CT molecular complexity index is 483. The van der Waals surface area contributed by atoms with E-state index in [4.69, 9.17) is 4.74 Å². The molecule has 1 aromatic rings. The molecule has 20 heavy (non-hydrogen) atoms. The highest BCUT2D eigenvalue weighted by Gasteiger charge is 2.44. The van der Waals surface area contributed by atoms with E-state index >= 15 is 0 Å². The van der Waals surface area contributed by atoms with Crippen LogP contribution >= 0.6 is 30.3 Å². The molecule has 1 aliphatic heterocycles. The van der Waals surface area contributed by atoms with Crippen LogP contribution in [0.15, 0.2) is 30.3 Å². The lowest BCUT2D eigenvalue weighted by atomic mass is 9.98. The Hall–Kier alpha value is -0.760. The normalized spacial score (nSPS) is 22.1. The predicted molar refractivity (Wildman–Crippen MR) is 86.9 cm³/mol. The zero-order valence-corrected chi connectivity index (χ0v) is 14.1. The Balaban J connectivity index is 2.01. The highest BCUT2D eigenvalue weighted by Crippen LogP contribution is 2.36. The zero-order valence-electron chi connectivity index (χ0n) is 11.1. The number of carbonyl (C=O) groups is 2. The lowest BCUT2D eigenvalue weighted by Crippen LogP contribution is -2.37. The summed E-state index contributed by atoms with van der Waals surface area (Å²) in [5.41, 5.74) is 0.951. The first-order valence-electron chi connectivity index (χ1n) is 6.48. The number of rotatable bonds is 5. The fraction of sp³-hybridized carbons (Fsp3) is 0.429. The molecule has 1 saturated heterocycles. The first-order chi connectivity index (χ1) is 9.67. The molecule has 1 aliphatic rings. The molecule has 0 aliphatic carbocycles. The van der Waals surface area contributed by atoms with Gasteiger partial charge in [0.05, 0.1) is 0 Å². The molecule has 0 saturated carbocycles. The van der Waals surface area contributed by atoms with Crippen molar-refractivity contribution in [1.29, 1.82) is 0 Å². The number of ether oxygens (including phenoxy) is 1. The molecule has 0 bridgehead atoms. The van der Waals surface area contributed by atoms with E-state index < -0.39 is 6.04 Å². The van der Waals surface area contributed by atoms with Crippen molar-refractivity contribution in [3.8, 4) is 0 Å². The second-order valence-electron chi connectivity index (χ2n) is 4.70. The number of hydrogen-bond acceptors (Lipinski definition) is 4. The fourth-order valence-electron chi connectivity index (χ4n) is 2.32. The van der Waals surface area contributed by atoms with Crippen molar-refractivity contribution in [3.63, 3.8) is 0 Å². The highest BCUT2D eigenvalue weighted by molar-refractivity contribution is 14.2. The largest absolute Gasteiger partial charge is 0.459 e. The van der Waals surface area contributed by atoms with Crippen LogP contribution in [-0.4, -0.2) is 22.2 Å². The summed E-state index contributed by atoms with van der Waals surface area (Å²) in [5.74, 6) is -0.248. The third kappa shape index (κ3) is 3.46. The maximum absolute atomic E-state index is 12.3. The van der Waals surface area contributed by atoms with Crippen LogP contribution in [0.5, 0.6) is 0 Å². The summed E-state index contributed by atoms with van der Waals surface area (Å²) in [6.45, 7) is 2.25. The lowest BCUT2D eigenvalue weighted by Gasteiger charge is -2.22. The van der Waals surface area contributed by atoms with Crippen LogP contribution in [0, 0.1) is 5.92 Å². The standard InChI is InChI=1S/C14H16INO3S/c1-2-11-8-12(17)16(20-15)13(11)14(18)19-9-10-6-4-3-5-7-10/h3-7,11,13H,2,8-9H2,1H3/t11?,13-/m1/s1. The van der Waals surface area contributed by atoms with Crippen molar-refractivity contribution in [3.05, 3.63) is 35.9 Å². The highest BCUT2D eigenvalue weighted by atomic mass is 127. The summed E-state index contributed by atoms with van der Waals surface area (Å²) >= 11 is 2.03. The molecule has 108 valence electrons. The van der Waals surface area contributed by atoms with Crippen molar-refractivity contribution < 1.29 is 14.3 Å². The Morgan fingerprint density at radius 1 is 1.45 bits per heavy atom. The Kier molecular flexibility index (Phi) is 5.71. The number of hydrogen-bond donors (Lipinski definition) is 0. The second kappa shape index (κ2) is 7.31. The van der Waals surface area contributed by atoms with E-state index in [1.54, 1.807) is 4.31 Å². The van der Waals surface area contributed by atoms with Crippen molar-refractivity contribution in [1.82, 2.24) is 4.31 Å². The molecule has 2 rings (SSSR count). The minimum absolute atomic E-state index is 0.0120. The van der Waals surface area contributed by atoms with Gasteiger partial charge in [0.15, 0.2) is 0 Å². The topological polar surface area (TPSA) is 46.6 Å². The van der Waals surface area contributed by atoms with Crippen molar-refractivity contribution in [2.75, 3.05) is 0 Å². The number of nitrogens with zero attached hydrogens (tertiary/aromatic N) is 1. The van der Waals surface area contributed by atoms with Crippen LogP contribution < -0.4 is 0 Å². The summed E-state index contributed by atoms with van der Waals surface area (Å²) in [7, 11) is 1.27. The van der Waals surface area contributed by atoms with E-state index in [0.717, 1.165) is 12.0 Å². The molecule has 1 unspecified atom stereocenters. The first kappa shape index (κ1) is 15.6. The fourth-order valence-corrected chi connectivity index (χ4v) is 4.21. The average molecular weight is 405 g/mol. The predicted octanol–water partition coefficient (Wildman–Crippen LogP) is 3.36. The van der Waals surface area contributed by atoms with Crippen LogP contribution in [-0.2, 0) is 20.9 Å². The van der Waals surface area contributed by atoms with Crippen molar-refractivity contribution in [2.45, 2.75) is 32.4 Å². The van der Waals surface area contributed by atoms with Gasteiger partial charge in [-0.15, -0.1) is 0 Å². The summed E-state index contributed by atoms with van der Waals surface area (Å²) in [4.78, 5) is 24.1. The summed E-state index contributed by atoms with van der Waals surface area (Å²) in [6, 6.07) is 9.10. The van der Waals surface area contributed by atoms with Crippen LogP contribution in [0.25, 0.3) is 0 Å². The van der Waals surface area contributed by atoms with E-state index in [1.165, 1.54) is 9.12 Å². The van der Waals surface area contributed by atoms with Crippen LogP contribution in [0.2, 0.25) is 0 Å². The van der Waals surface area contributed by atoms with E-state index in [1.807, 2.05) is 58.5 Å². The minimum atomic E-state index is -0.460. The smallest absolute Gasteiger partial charge is 0.330 e. The number of carbonyl (C=O) groups excluding carboxylic acids is 2. The molecule has 2 atom stereocenters. The number of esters is 1. The Labute approximate surface area is 135 Å². The molecule has 6 heteroatoms. The van der Waals surface area contributed by atoms with Crippen LogP contribution in [0.4, 0.5) is 0 Å². The van der Waals surface area contributed by atoms with Crippen LogP contribution in [0.1, 0.15) is 25.3 Å². The van der Waals surface area contributed by atoms with E-state index in [2.05, 4.69) is 0 Å². The molecule has 0 aromatic heterocycles. The van der Waals surface area contributed by atoms with Gasteiger partial charge in [-0.3, -0.25) is 9.10 Å². The summed E-state index contributed by atoms with van der Waals surface area (Å²) in [5, 5.41) is 0. The van der Waals surface area contributed by atoms with Gasteiger partial charge in [-0.2, -0.15) is 0 Å². The van der Waals surface area contributed by atoms with E-state index in [0.29, 0.717) is 6.42 Å². The van der Waals surface area contributed by atoms with Gasteiger partial charge in [-0.05, 0) is 11.5 Å². The third-order valence-corrected chi connectivity index (χ3v) is 5.30. The Morgan fingerprint density at radius 3 is 2.75 bits per heavy atom. The summed E-state index contributed by atoms with van der Waals surface area (Å²) in [6.07, 6.45) is 1.22. The molecule has 1 heterocycles. The maximum Gasteiger partial charge on any atom is 0.330 e. The van der Waals surface area contributed by atoms with Gasteiger partial charge in [0.25, 0.3) is 0 Å². The van der Waals surface area contributed by atoms with Gasteiger partial charge in [-0.25, -0.2) is 4.79 Å². The van der Waals surface area contributed by atoms with E-state index in [-0.39, 0.29) is 24.4 Å². The van der Waals surface area contributed by atoms with Gasteiger partial charge in [0.2, 0.25) is 5.91 Å². The monoisotopic (exact) mass is 405 g/mol. The molecule has 0 radical (unpaired) electrons. The van der Waals surface area contributed by atoms with Crippen LogP contribution in [0.3, 0.4) is 0 Å². The van der Waals surface area contributed by atoms with Gasteiger partial charge < -0.3 is 4.74 Å². The minimum Gasteiger partial charge on any atom is -0.459 e. The number of amides is 1. The molecule has 4 nitrogen and oxygen atoms in total. The van der Waals surface area contributed by atoms with Gasteiger partial charge in [-0.1, -0.05) is 43.7 Å². The molecule has 1 fully saturated rings. The molecule has 0 spiro atoms. The van der Waals surface area contributed by atoms with Crippen molar-refractivity contribution >= 4 is 42.2 Å². The SMILES string of the molecule is CCC1CC(=O)N(SI)[C@H]1C(=O)OCc1ccccc1. The first-order valence-corrected chi connectivity index (χ1v) is 9.80. The lowest BCUT2D eigenvalue weighted by molar-refractivity contribution is -0.151. The van der Waals surface area contributed by atoms with Gasteiger partial charge in [0, 0.05) is 36.7 Å². The third-order valence-electron chi connectivity index (χ3n) is 3.45. The van der Waals surface area contributed by atoms with E-state index in [9.17, 15) is 9.59 Å². The summed E-state index contributed by atoms with van der Waals surface area (Å²) < 4.78 is 6.92. The van der Waals surface area contributed by atoms with Gasteiger partial charge in [0.1, 0.15) is 12.6 Å². The number of benzene rings is 1. The zero-order chi connectivity index (χ0) is 14.5. The van der Waals surface area contributed by atoms with Crippen molar-refractivity contribution in [2.24, 2.45) is 5.92 Å². The molecule has 0 N–H and O–H groups in total. The average Bonchev–Trinajstić information content (AvgIpc) is 2.81. The molecular formula is C14H16INO3S. The Morgan fingerprint density at radius 2 is 2.15 bits per heavy atom. The molecular weight excluding hydrogens is 389 g/mol. The maximum atomic E-state index is 12.3. The molecule has 1 aromatic carbocycles. The van der Waals surface area contributed by atoms with Gasteiger partial charge >= 0.3 is 5.97 Å². The second-order valence-corrected chi connectivity index (χ2v) is 6.41. The molecule has 1 amide bonds. The number of halogens is 1. The quantitative estimate of drug-likeness (QED) is 0.428.